The molecule has 0 radical (unpaired) electrons. The zero-order valence-corrected chi connectivity index (χ0v) is 11.5. The van der Waals surface area contributed by atoms with Crippen LogP contribution in [0.25, 0.3) is 0 Å². The molecule has 18 heavy (non-hydrogen) atoms. The minimum absolute atomic E-state index is 0.0968. The predicted molar refractivity (Wildman–Crippen MR) is 78.5 cm³/mol. The van der Waals surface area contributed by atoms with E-state index in [-0.39, 0.29) is 5.92 Å². The first kappa shape index (κ1) is 13.1. The highest BCUT2D eigenvalue weighted by Gasteiger charge is 2.19. The maximum atomic E-state index is 10.5. The fraction of sp³-hybridized carbons (Fsp3) is 0.125. The van der Waals surface area contributed by atoms with E-state index < -0.39 is 6.10 Å². The van der Waals surface area contributed by atoms with Crippen LogP contribution in [0.3, 0.4) is 0 Å². The molecule has 0 spiro atoms. The predicted octanol–water partition coefficient (Wildman–Crippen LogP) is 4.45. The number of aliphatic hydroxyl groups is 1. The molecule has 92 valence electrons. The maximum Gasteiger partial charge on any atom is 0.0893 e. The quantitative estimate of drug-likeness (QED) is 0.827. The van der Waals surface area contributed by atoms with E-state index in [1.807, 2.05) is 54.6 Å². The van der Waals surface area contributed by atoms with Gasteiger partial charge in [0.1, 0.15) is 0 Å². The lowest BCUT2D eigenvalue weighted by molar-refractivity contribution is 0.162. The number of hydrogen-bond acceptors (Lipinski definition) is 1. The van der Waals surface area contributed by atoms with Crippen LogP contribution >= 0.6 is 15.9 Å². The highest BCUT2D eigenvalue weighted by atomic mass is 79.9. The lowest BCUT2D eigenvalue weighted by atomic mass is 9.89. The van der Waals surface area contributed by atoms with Gasteiger partial charge in [-0.1, -0.05) is 64.5 Å². The van der Waals surface area contributed by atoms with E-state index >= 15 is 0 Å². The second kappa shape index (κ2) is 5.98. The summed E-state index contributed by atoms with van der Waals surface area (Å²) in [6, 6.07) is 17.7. The van der Waals surface area contributed by atoms with Crippen LogP contribution in [-0.2, 0) is 0 Å². The average Bonchev–Trinajstić information content (AvgIpc) is 2.41. The molecule has 2 atom stereocenters. The van der Waals surface area contributed by atoms with Crippen molar-refractivity contribution in [3.8, 4) is 0 Å². The van der Waals surface area contributed by atoms with Crippen molar-refractivity contribution < 1.29 is 5.11 Å². The zero-order valence-electron chi connectivity index (χ0n) is 9.96. The Morgan fingerprint density at radius 1 is 1.00 bits per heavy atom. The van der Waals surface area contributed by atoms with E-state index in [1.165, 1.54) is 0 Å². The van der Waals surface area contributed by atoms with Crippen molar-refractivity contribution in [3.63, 3.8) is 0 Å². The van der Waals surface area contributed by atoms with Gasteiger partial charge in [0.05, 0.1) is 6.10 Å². The summed E-state index contributed by atoms with van der Waals surface area (Å²) in [5.74, 6) is -0.0968. The van der Waals surface area contributed by atoms with Gasteiger partial charge in [-0.2, -0.15) is 0 Å². The Morgan fingerprint density at radius 2 is 1.67 bits per heavy atom. The number of halogens is 1. The average molecular weight is 303 g/mol. The third kappa shape index (κ3) is 2.89. The molecule has 0 aliphatic rings. The van der Waals surface area contributed by atoms with Gasteiger partial charge in [0.15, 0.2) is 0 Å². The van der Waals surface area contributed by atoms with E-state index in [2.05, 4.69) is 22.5 Å². The van der Waals surface area contributed by atoms with E-state index in [4.69, 9.17) is 0 Å². The van der Waals surface area contributed by atoms with Crippen molar-refractivity contribution in [1.82, 2.24) is 0 Å². The van der Waals surface area contributed by atoms with Crippen molar-refractivity contribution in [1.29, 1.82) is 0 Å². The summed E-state index contributed by atoms with van der Waals surface area (Å²) in [7, 11) is 0. The Bertz CT molecular complexity index is 522. The summed E-state index contributed by atoms with van der Waals surface area (Å²) >= 11 is 3.42. The van der Waals surface area contributed by atoms with Gasteiger partial charge in [0, 0.05) is 10.4 Å². The van der Waals surface area contributed by atoms with Crippen molar-refractivity contribution in [3.05, 3.63) is 82.9 Å². The highest BCUT2D eigenvalue weighted by molar-refractivity contribution is 9.10. The van der Waals surface area contributed by atoms with Crippen molar-refractivity contribution >= 4 is 15.9 Å². The second-order valence-corrected chi connectivity index (χ2v) is 5.09. The smallest absolute Gasteiger partial charge is 0.0893 e. The number of benzene rings is 2. The molecule has 2 aromatic carbocycles. The van der Waals surface area contributed by atoms with Crippen molar-refractivity contribution in [2.45, 2.75) is 12.0 Å². The number of rotatable bonds is 4. The van der Waals surface area contributed by atoms with Crippen LogP contribution in [0.5, 0.6) is 0 Å². The lowest BCUT2D eigenvalue weighted by Crippen LogP contribution is -2.08. The maximum absolute atomic E-state index is 10.5. The van der Waals surface area contributed by atoms with Gasteiger partial charge >= 0.3 is 0 Å². The summed E-state index contributed by atoms with van der Waals surface area (Å²) in [5, 5.41) is 10.5. The van der Waals surface area contributed by atoms with Crippen LogP contribution in [0.15, 0.2) is 71.7 Å². The van der Waals surface area contributed by atoms with Gasteiger partial charge in [-0.3, -0.25) is 0 Å². The van der Waals surface area contributed by atoms with E-state index in [1.54, 1.807) is 6.08 Å². The first-order valence-electron chi connectivity index (χ1n) is 5.83. The highest BCUT2D eigenvalue weighted by Crippen LogP contribution is 2.32. The molecular formula is C16H15BrO. The monoisotopic (exact) mass is 302 g/mol. The molecule has 0 aliphatic carbocycles. The first-order chi connectivity index (χ1) is 8.72. The van der Waals surface area contributed by atoms with Crippen LogP contribution in [0, 0.1) is 0 Å². The Hall–Kier alpha value is -1.38. The molecule has 0 aromatic heterocycles. The van der Waals surface area contributed by atoms with Gasteiger partial charge in [0.25, 0.3) is 0 Å². The standard InChI is InChI=1S/C16H15BrO/c1-2-15(12-7-4-3-5-8-12)16(18)13-9-6-10-14(17)11-13/h2-11,15-16,18H,1H2. The Labute approximate surface area is 116 Å². The minimum Gasteiger partial charge on any atom is -0.387 e. The van der Waals surface area contributed by atoms with E-state index in [0.717, 1.165) is 15.6 Å². The van der Waals surface area contributed by atoms with Crippen LogP contribution < -0.4 is 0 Å². The normalized spacial score (nSPS) is 13.9. The molecule has 0 amide bonds. The Balaban J connectivity index is 2.31. The van der Waals surface area contributed by atoms with Gasteiger partial charge in [-0.05, 0) is 23.3 Å². The molecule has 2 unspecified atom stereocenters. The summed E-state index contributed by atoms with van der Waals surface area (Å²) in [4.78, 5) is 0. The molecule has 2 heteroatoms. The molecule has 2 rings (SSSR count). The molecule has 0 fully saturated rings. The Morgan fingerprint density at radius 3 is 2.28 bits per heavy atom. The molecule has 0 bridgehead atoms. The zero-order chi connectivity index (χ0) is 13.0. The molecule has 2 aromatic rings. The Kier molecular flexibility index (Phi) is 4.34. The van der Waals surface area contributed by atoms with Gasteiger partial charge in [-0.15, -0.1) is 6.58 Å². The topological polar surface area (TPSA) is 20.2 Å². The fourth-order valence-electron chi connectivity index (χ4n) is 2.02. The number of aliphatic hydroxyl groups excluding tert-OH is 1. The van der Waals surface area contributed by atoms with Crippen LogP contribution in [0.4, 0.5) is 0 Å². The molecule has 0 saturated carbocycles. The molecule has 0 aliphatic heterocycles. The van der Waals surface area contributed by atoms with Crippen molar-refractivity contribution in [2.75, 3.05) is 0 Å². The molecule has 1 nitrogen and oxygen atoms in total. The largest absolute Gasteiger partial charge is 0.387 e. The third-order valence-electron chi connectivity index (χ3n) is 2.97. The second-order valence-electron chi connectivity index (χ2n) is 4.17. The lowest BCUT2D eigenvalue weighted by Gasteiger charge is -2.20. The van der Waals surface area contributed by atoms with Crippen LogP contribution in [-0.4, -0.2) is 5.11 Å². The molecule has 0 heterocycles. The first-order valence-corrected chi connectivity index (χ1v) is 6.62. The minimum atomic E-state index is -0.581. The van der Waals surface area contributed by atoms with E-state index in [9.17, 15) is 5.11 Å². The van der Waals surface area contributed by atoms with E-state index in [0.29, 0.717) is 0 Å². The summed E-state index contributed by atoms with van der Waals surface area (Å²) in [6.07, 6.45) is 1.21. The number of hydrogen-bond donors (Lipinski definition) is 1. The summed E-state index contributed by atoms with van der Waals surface area (Å²) in [6.45, 7) is 3.83. The van der Waals surface area contributed by atoms with Gasteiger partial charge in [0.2, 0.25) is 0 Å². The molecule has 0 saturated heterocycles. The SMILES string of the molecule is C=CC(c1ccccc1)C(O)c1cccc(Br)c1. The van der Waals surface area contributed by atoms with Crippen molar-refractivity contribution in [2.24, 2.45) is 0 Å². The third-order valence-corrected chi connectivity index (χ3v) is 3.46. The summed E-state index contributed by atoms with van der Waals surface area (Å²) in [5.41, 5.74) is 1.96. The summed E-state index contributed by atoms with van der Waals surface area (Å²) < 4.78 is 0.968. The molecular weight excluding hydrogens is 288 g/mol. The fourth-order valence-corrected chi connectivity index (χ4v) is 2.44. The van der Waals surface area contributed by atoms with Crippen LogP contribution in [0.2, 0.25) is 0 Å². The molecule has 1 N–H and O–H groups in total. The van der Waals surface area contributed by atoms with Crippen LogP contribution in [0.1, 0.15) is 23.1 Å². The van der Waals surface area contributed by atoms with Gasteiger partial charge < -0.3 is 5.11 Å². The van der Waals surface area contributed by atoms with Gasteiger partial charge in [-0.25, -0.2) is 0 Å².